The predicted octanol–water partition coefficient (Wildman–Crippen LogP) is 0.548. The summed E-state index contributed by atoms with van der Waals surface area (Å²) in [7, 11) is 0. The van der Waals surface area contributed by atoms with Gasteiger partial charge in [-0.1, -0.05) is 13.8 Å². The van der Waals surface area contributed by atoms with Crippen molar-refractivity contribution >= 4 is 12.1 Å². The van der Waals surface area contributed by atoms with Crippen LogP contribution in [0.15, 0.2) is 0 Å². The van der Waals surface area contributed by atoms with Crippen molar-refractivity contribution in [2.75, 3.05) is 13.1 Å². The van der Waals surface area contributed by atoms with E-state index in [1.165, 1.54) is 4.90 Å². The normalized spacial score (nSPS) is 22.2. The minimum Gasteiger partial charge on any atom is -0.480 e. The van der Waals surface area contributed by atoms with E-state index < -0.39 is 12.1 Å². The molecular weight excluding hydrogens is 174 g/mol. The summed E-state index contributed by atoms with van der Waals surface area (Å²) in [6.45, 7) is 3.97. The number of amides is 1. The van der Waals surface area contributed by atoms with Crippen molar-refractivity contribution in [3.05, 3.63) is 0 Å². The molecule has 0 radical (unpaired) electrons. The summed E-state index contributed by atoms with van der Waals surface area (Å²) in [6, 6.07) is 0. The molecule has 1 aliphatic heterocycles. The van der Waals surface area contributed by atoms with E-state index in [4.69, 9.17) is 9.84 Å². The largest absolute Gasteiger partial charge is 0.480 e. The molecule has 5 nitrogen and oxygen atoms in total. The predicted molar refractivity (Wildman–Crippen MR) is 44.3 cm³/mol. The lowest BCUT2D eigenvalue weighted by Crippen LogP contribution is -2.31. The highest BCUT2D eigenvalue weighted by Gasteiger charge is 2.33. The molecule has 13 heavy (non-hydrogen) atoms. The number of carbonyl (C=O) groups excluding carboxylic acids is 1. The van der Waals surface area contributed by atoms with Gasteiger partial charge in [-0.15, -0.1) is 0 Å². The Morgan fingerprint density at radius 2 is 2.38 bits per heavy atom. The standard InChI is InChI=1S/C8H13NO4/c1-5(2)6-3-9(4-7(10)11)8(12)13-6/h5-6H,3-4H2,1-2H3,(H,10,11). The number of carbonyl (C=O) groups is 2. The van der Waals surface area contributed by atoms with Crippen LogP contribution < -0.4 is 0 Å². The quantitative estimate of drug-likeness (QED) is 0.700. The molecule has 1 N–H and O–H groups in total. The van der Waals surface area contributed by atoms with Crippen molar-refractivity contribution in [1.82, 2.24) is 4.90 Å². The molecule has 0 aliphatic carbocycles. The van der Waals surface area contributed by atoms with E-state index in [2.05, 4.69) is 0 Å². The van der Waals surface area contributed by atoms with Crippen LogP contribution >= 0.6 is 0 Å². The molecule has 1 atom stereocenters. The molecule has 1 fully saturated rings. The summed E-state index contributed by atoms with van der Waals surface area (Å²) in [5.74, 6) is -0.788. The van der Waals surface area contributed by atoms with Crippen molar-refractivity contribution in [1.29, 1.82) is 0 Å². The van der Waals surface area contributed by atoms with Crippen LogP contribution in [0.2, 0.25) is 0 Å². The molecule has 0 bridgehead atoms. The van der Waals surface area contributed by atoms with E-state index >= 15 is 0 Å². The second-order valence-corrected chi connectivity index (χ2v) is 3.44. The molecule has 0 saturated carbocycles. The van der Waals surface area contributed by atoms with Crippen molar-refractivity contribution in [3.63, 3.8) is 0 Å². The van der Waals surface area contributed by atoms with E-state index in [1.807, 2.05) is 13.8 Å². The first kappa shape index (κ1) is 9.83. The van der Waals surface area contributed by atoms with Crippen molar-refractivity contribution in [3.8, 4) is 0 Å². The number of hydrogen-bond donors (Lipinski definition) is 1. The van der Waals surface area contributed by atoms with E-state index in [1.54, 1.807) is 0 Å². The summed E-state index contributed by atoms with van der Waals surface area (Å²) < 4.78 is 4.96. The second-order valence-electron chi connectivity index (χ2n) is 3.44. The molecule has 1 unspecified atom stereocenters. The number of aliphatic carboxylic acids is 1. The van der Waals surface area contributed by atoms with Crippen LogP contribution in [0, 0.1) is 5.92 Å². The fourth-order valence-corrected chi connectivity index (χ4v) is 1.17. The number of nitrogens with zero attached hydrogens (tertiary/aromatic N) is 1. The van der Waals surface area contributed by atoms with Crippen LogP contribution in [-0.2, 0) is 9.53 Å². The third-order valence-corrected chi connectivity index (χ3v) is 1.98. The third kappa shape index (κ3) is 2.34. The van der Waals surface area contributed by atoms with E-state index in [0.29, 0.717) is 6.54 Å². The highest BCUT2D eigenvalue weighted by Crippen LogP contribution is 2.17. The van der Waals surface area contributed by atoms with Gasteiger partial charge >= 0.3 is 12.1 Å². The lowest BCUT2D eigenvalue weighted by Gasteiger charge is -2.11. The zero-order valence-electron chi connectivity index (χ0n) is 7.69. The highest BCUT2D eigenvalue weighted by molar-refractivity contribution is 5.77. The third-order valence-electron chi connectivity index (χ3n) is 1.98. The van der Waals surface area contributed by atoms with Gasteiger partial charge in [0.2, 0.25) is 0 Å². The van der Waals surface area contributed by atoms with Gasteiger partial charge in [-0.2, -0.15) is 0 Å². The Balaban J connectivity index is 2.51. The minimum absolute atomic E-state index is 0.174. The van der Waals surface area contributed by atoms with Gasteiger partial charge in [-0.3, -0.25) is 9.69 Å². The number of cyclic esters (lactones) is 1. The molecule has 74 valence electrons. The first-order chi connectivity index (χ1) is 6.00. The average molecular weight is 187 g/mol. The van der Waals surface area contributed by atoms with Crippen LogP contribution in [-0.4, -0.2) is 41.3 Å². The highest BCUT2D eigenvalue weighted by atomic mass is 16.6. The first-order valence-electron chi connectivity index (χ1n) is 4.18. The zero-order chi connectivity index (χ0) is 10.0. The van der Waals surface area contributed by atoms with Gasteiger partial charge in [0, 0.05) is 0 Å². The van der Waals surface area contributed by atoms with Crippen molar-refractivity contribution in [2.45, 2.75) is 20.0 Å². The zero-order valence-corrected chi connectivity index (χ0v) is 7.69. The smallest absolute Gasteiger partial charge is 0.410 e. The van der Waals surface area contributed by atoms with Crippen LogP contribution in [0.25, 0.3) is 0 Å². The average Bonchev–Trinajstić information content (AvgIpc) is 2.31. The fourth-order valence-electron chi connectivity index (χ4n) is 1.17. The molecule has 0 spiro atoms. The summed E-state index contributed by atoms with van der Waals surface area (Å²) in [6.07, 6.45) is -0.701. The Hall–Kier alpha value is -1.26. The van der Waals surface area contributed by atoms with E-state index in [9.17, 15) is 9.59 Å². The van der Waals surface area contributed by atoms with E-state index in [0.717, 1.165) is 0 Å². The maximum absolute atomic E-state index is 11.1. The number of hydrogen-bond acceptors (Lipinski definition) is 3. The molecule has 0 aromatic carbocycles. The first-order valence-corrected chi connectivity index (χ1v) is 4.18. The molecule has 5 heteroatoms. The minimum atomic E-state index is -1.01. The number of carboxylic acids is 1. The fraction of sp³-hybridized carbons (Fsp3) is 0.750. The molecule has 1 amide bonds. The van der Waals surface area contributed by atoms with E-state index in [-0.39, 0.29) is 18.6 Å². The monoisotopic (exact) mass is 187 g/mol. The van der Waals surface area contributed by atoms with Crippen LogP contribution in [0.4, 0.5) is 4.79 Å². The maximum Gasteiger partial charge on any atom is 0.410 e. The van der Waals surface area contributed by atoms with Gasteiger partial charge in [0.05, 0.1) is 6.54 Å². The number of ether oxygens (including phenoxy) is 1. The van der Waals surface area contributed by atoms with Crippen LogP contribution in [0.5, 0.6) is 0 Å². The van der Waals surface area contributed by atoms with Crippen molar-refractivity contribution < 1.29 is 19.4 Å². The Morgan fingerprint density at radius 1 is 1.77 bits per heavy atom. The SMILES string of the molecule is CC(C)C1CN(CC(=O)O)C(=O)O1. The Labute approximate surface area is 76.3 Å². The number of rotatable bonds is 3. The summed E-state index contributed by atoms with van der Waals surface area (Å²) in [5.41, 5.74) is 0. The van der Waals surface area contributed by atoms with Gasteiger partial charge in [0.25, 0.3) is 0 Å². The molecule has 1 aliphatic rings. The summed E-state index contributed by atoms with van der Waals surface area (Å²) in [5, 5.41) is 8.47. The number of carboxylic acid groups (broad SMARTS) is 1. The second kappa shape index (κ2) is 3.64. The van der Waals surface area contributed by atoms with Crippen LogP contribution in [0.3, 0.4) is 0 Å². The van der Waals surface area contributed by atoms with Crippen molar-refractivity contribution in [2.24, 2.45) is 5.92 Å². The Morgan fingerprint density at radius 3 is 2.77 bits per heavy atom. The molecule has 1 heterocycles. The van der Waals surface area contributed by atoms with Crippen LogP contribution in [0.1, 0.15) is 13.8 Å². The summed E-state index contributed by atoms with van der Waals surface area (Å²) in [4.78, 5) is 22.6. The molecular formula is C8H13NO4. The lowest BCUT2D eigenvalue weighted by molar-refractivity contribution is -0.137. The van der Waals surface area contributed by atoms with Gasteiger partial charge in [-0.05, 0) is 5.92 Å². The van der Waals surface area contributed by atoms with Gasteiger partial charge in [-0.25, -0.2) is 4.79 Å². The topological polar surface area (TPSA) is 66.8 Å². The van der Waals surface area contributed by atoms with Gasteiger partial charge in [0.15, 0.2) is 0 Å². The molecule has 1 saturated heterocycles. The Bertz CT molecular complexity index is 226. The lowest BCUT2D eigenvalue weighted by atomic mass is 10.1. The van der Waals surface area contributed by atoms with Gasteiger partial charge < -0.3 is 9.84 Å². The summed E-state index contributed by atoms with van der Waals surface area (Å²) >= 11 is 0. The molecule has 0 aromatic rings. The maximum atomic E-state index is 11.1. The molecule has 0 aromatic heterocycles. The molecule has 1 rings (SSSR count). The Kier molecular flexibility index (Phi) is 2.75. The van der Waals surface area contributed by atoms with Gasteiger partial charge in [0.1, 0.15) is 12.6 Å².